The van der Waals surface area contributed by atoms with Gasteiger partial charge in [-0.05, 0) is 38.0 Å². The van der Waals surface area contributed by atoms with Crippen molar-refractivity contribution in [3.63, 3.8) is 0 Å². The summed E-state index contributed by atoms with van der Waals surface area (Å²) in [6.45, 7) is 6.59. The molecule has 140 valence electrons. The van der Waals surface area contributed by atoms with Gasteiger partial charge in [-0.2, -0.15) is 0 Å². The molecule has 0 amide bonds. The maximum Gasteiger partial charge on any atom is 0.338 e. The van der Waals surface area contributed by atoms with Crippen molar-refractivity contribution in [3.05, 3.63) is 35.4 Å². The van der Waals surface area contributed by atoms with Crippen LogP contribution in [0.2, 0.25) is 0 Å². The summed E-state index contributed by atoms with van der Waals surface area (Å²) in [4.78, 5) is 24.3. The molecule has 0 heterocycles. The van der Waals surface area contributed by atoms with E-state index in [2.05, 4.69) is 13.8 Å². The normalized spacial score (nSPS) is 11.8. The molecule has 1 unspecified atom stereocenters. The number of benzene rings is 1. The lowest BCUT2D eigenvalue weighted by Crippen LogP contribution is -2.15. The molecule has 1 atom stereocenters. The average molecular weight is 348 g/mol. The zero-order valence-corrected chi connectivity index (χ0v) is 15.9. The predicted molar refractivity (Wildman–Crippen MR) is 99.9 cm³/mol. The number of hydrogen-bond donors (Lipinski definition) is 0. The van der Waals surface area contributed by atoms with Gasteiger partial charge in [0.2, 0.25) is 0 Å². The Labute approximate surface area is 151 Å². The number of carbonyl (C=O) groups excluding carboxylic acids is 2. The topological polar surface area (TPSA) is 52.6 Å². The largest absolute Gasteiger partial charge is 0.462 e. The van der Waals surface area contributed by atoms with Crippen LogP contribution in [-0.4, -0.2) is 24.6 Å². The third-order valence-electron chi connectivity index (χ3n) is 4.09. The van der Waals surface area contributed by atoms with Crippen molar-refractivity contribution in [1.82, 2.24) is 0 Å². The SMILES string of the molecule is CCCCCCCOC(=O)c1cccc(C(=O)OC(C)CCCC)c1. The van der Waals surface area contributed by atoms with Crippen molar-refractivity contribution in [2.24, 2.45) is 0 Å². The van der Waals surface area contributed by atoms with Crippen LogP contribution in [0.4, 0.5) is 0 Å². The number of carbonyl (C=O) groups is 2. The first-order valence-electron chi connectivity index (χ1n) is 9.56. The molecule has 0 fully saturated rings. The molecule has 1 aromatic carbocycles. The summed E-state index contributed by atoms with van der Waals surface area (Å²) in [6.07, 6.45) is 8.36. The molecule has 0 aliphatic heterocycles. The summed E-state index contributed by atoms with van der Waals surface area (Å²) in [5.74, 6) is -0.776. The molecule has 0 aromatic heterocycles. The zero-order chi connectivity index (χ0) is 18.5. The molecule has 25 heavy (non-hydrogen) atoms. The Hall–Kier alpha value is -1.84. The van der Waals surface area contributed by atoms with Crippen molar-refractivity contribution < 1.29 is 19.1 Å². The van der Waals surface area contributed by atoms with Gasteiger partial charge >= 0.3 is 11.9 Å². The van der Waals surface area contributed by atoms with Crippen molar-refractivity contribution in [1.29, 1.82) is 0 Å². The molecule has 4 nitrogen and oxygen atoms in total. The smallest absolute Gasteiger partial charge is 0.338 e. The van der Waals surface area contributed by atoms with Gasteiger partial charge in [0, 0.05) is 0 Å². The second-order valence-corrected chi connectivity index (χ2v) is 6.49. The van der Waals surface area contributed by atoms with Crippen LogP contribution in [0, 0.1) is 0 Å². The summed E-state index contributed by atoms with van der Waals surface area (Å²) in [5.41, 5.74) is 0.782. The lowest BCUT2D eigenvalue weighted by atomic mass is 10.1. The van der Waals surface area contributed by atoms with E-state index in [-0.39, 0.29) is 12.1 Å². The second kappa shape index (κ2) is 12.5. The standard InChI is InChI=1S/C21H32O4/c1-4-6-8-9-10-15-24-20(22)18-13-11-14-19(16-18)21(23)25-17(3)12-7-5-2/h11,13-14,16-17H,4-10,12,15H2,1-3H3. The van der Waals surface area contributed by atoms with E-state index in [1.165, 1.54) is 19.3 Å². The fourth-order valence-electron chi connectivity index (χ4n) is 2.53. The summed E-state index contributed by atoms with van der Waals surface area (Å²) in [6, 6.07) is 6.56. The van der Waals surface area contributed by atoms with E-state index in [1.807, 2.05) is 6.92 Å². The summed E-state index contributed by atoms with van der Waals surface area (Å²) in [5, 5.41) is 0. The first-order chi connectivity index (χ1) is 12.1. The van der Waals surface area contributed by atoms with Crippen molar-refractivity contribution >= 4 is 11.9 Å². The molecular formula is C21H32O4. The molecule has 1 rings (SSSR count). The van der Waals surface area contributed by atoms with E-state index < -0.39 is 5.97 Å². The maximum absolute atomic E-state index is 12.2. The summed E-state index contributed by atoms with van der Waals surface area (Å²) in [7, 11) is 0. The molecule has 0 saturated carbocycles. The Morgan fingerprint density at radius 3 is 2.24 bits per heavy atom. The van der Waals surface area contributed by atoms with E-state index in [9.17, 15) is 9.59 Å². The van der Waals surface area contributed by atoms with Gasteiger partial charge in [-0.15, -0.1) is 0 Å². The van der Waals surface area contributed by atoms with Gasteiger partial charge in [0.1, 0.15) is 0 Å². The van der Waals surface area contributed by atoms with E-state index in [1.54, 1.807) is 24.3 Å². The minimum absolute atomic E-state index is 0.119. The molecular weight excluding hydrogens is 316 g/mol. The first-order valence-corrected chi connectivity index (χ1v) is 9.56. The molecule has 0 spiro atoms. The third-order valence-corrected chi connectivity index (χ3v) is 4.09. The fourth-order valence-corrected chi connectivity index (χ4v) is 2.53. The van der Waals surface area contributed by atoms with Crippen LogP contribution in [0.5, 0.6) is 0 Å². The van der Waals surface area contributed by atoms with Gasteiger partial charge < -0.3 is 9.47 Å². The van der Waals surface area contributed by atoms with E-state index in [0.29, 0.717) is 17.7 Å². The van der Waals surface area contributed by atoms with Gasteiger partial charge in [0.15, 0.2) is 0 Å². The second-order valence-electron chi connectivity index (χ2n) is 6.49. The van der Waals surface area contributed by atoms with Gasteiger partial charge in [-0.25, -0.2) is 9.59 Å². The molecule has 4 heteroatoms. The minimum atomic E-state index is -0.391. The van der Waals surface area contributed by atoms with Gasteiger partial charge in [-0.3, -0.25) is 0 Å². The Kier molecular flexibility index (Phi) is 10.6. The monoisotopic (exact) mass is 348 g/mol. The molecule has 0 N–H and O–H groups in total. The van der Waals surface area contributed by atoms with Crippen LogP contribution in [0.3, 0.4) is 0 Å². The highest BCUT2D eigenvalue weighted by atomic mass is 16.5. The molecule has 0 saturated heterocycles. The number of hydrogen-bond acceptors (Lipinski definition) is 4. The van der Waals surface area contributed by atoms with Gasteiger partial charge in [0.05, 0.1) is 23.8 Å². The highest BCUT2D eigenvalue weighted by molar-refractivity contribution is 5.95. The molecule has 1 aromatic rings. The van der Waals surface area contributed by atoms with Crippen molar-refractivity contribution in [2.75, 3.05) is 6.61 Å². The number of rotatable bonds is 12. The lowest BCUT2D eigenvalue weighted by molar-refractivity contribution is 0.0320. The molecule has 0 aliphatic carbocycles. The zero-order valence-electron chi connectivity index (χ0n) is 15.9. The van der Waals surface area contributed by atoms with Crippen LogP contribution >= 0.6 is 0 Å². The Bertz CT molecular complexity index is 524. The highest BCUT2D eigenvalue weighted by Crippen LogP contribution is 2.12. The number of ether oxygens (including phenoxy) is 2. The van der Waals surface area contributed by atoms with Crippen LogP contribution < -0.4 is 0 Å². The Morgan fingerprint density at radius 2 is 1.56 bits per heavy atom. The average Bonchev–Trinajstić information content (AvgIpc) is 2.62. The maximum atomic E-state index is 12.2. The number of esters is 2. The van der Waals surface area contributed by atoms with E-state index in [4.69, 9.17) is 9.47 Å². The fraction of sp³-hybridized carbons (Fsp3) is 0.619. The molecule has 0 radical (unpaired) electrons. The van der Waals surface area contributed by atoms with Crippen molar-refractivity contribution in [2.45, 2.75) is 78.2 Å². The highest BCUT2D eigenvalue weighted by Gasteiger charge is 2.14. The van der Waals surface area contributed by atoms with Crippen LogP contribution in [0.25, 0.3) is 0 Å². The first kappa shape index (κ1) is 21.2. The van der Waals surface area contributed by atoms with Gasteiger partial charge in [-0.1, -0.05) is 58.4 Å². The molecule has 0 bridgehead atoms. The van der Waals surface area contributed by atoms with Crippen LogP contribution in [0.15, 0.2) is 24.3 Å². The van der Waals surface area contributed by atoms with Crippen LogP contribution in [0.1, 0.15) is 92.9 Å². The Balaban J connectivity index is 2.47. The van der Waals surface area contributed by atoms with E-state index in [0.717, 1.165) is 32.1 Å². The van der Waals surface area contributed by atoms with Crippen molar-refractivity contribution in [3.8, 4) is 0 Å². The van der Waals surface area contributed by atoms with Crippen LogP contribution in [-0.2, 0) is 9.47 Å². The third kappa shape index (κ3) is 8.71. The minimum Gasteiger partial charge on any atom is -0.462 e. The quantitative estimate of drug-likeness (QED) is 0.367. The lowest BCUT2D eigenvalue weighted by Gasteiger charge is -2.13. The predicted octanol–water partition coefficient (Wildman–Crippen LogP) is 5.55. The number of unbranched alkanes of at least 4 members (excludes halogenated alkanes) is 5. The van der Waals surface area contributed by atoms with E-state index >= 15 is 0 Å². The Morgan fingerprint density at radius 1 is 0.920 bits per heavy atom. The van der Waals surface area contributed by atoms with Gasteiger partial charge in [0.25, 0.3) is 0 Å². The summed E-state index contributed by atoms with van der Waals surface area (Å²) < 4.78 is 10.7. The summed E-state index contributed by atoms with van der Waals surface area (Å²) >= 11 is 0. The molecule has 0 aliphatic rings.